The van der Waals surface area contributed by atoms with Gasteiger partial charge in [-0.3, -0.25) is 9.69 Å². The first kappa shape index (κ1) is 22.3. The maximum absolute atomic E-state index is 13.7. The van der Waals surface area contributed by atoms with Crippen molar-refractivity contribution >= 4 is 16.0 Å². The van der Waals surface area contributed by atoms with E-state index in [0.717, 1.165) is 18.4 Å². The van der Waals surface area contributed by atoms with E-state index in [-0.39, 0.29) is 24.0 Å². The third-order valence-electron chi connectivity index (χ3n) is 5.32. The molecule has 0 bridgehead atoms. The second-order valence-electron chi connectivity index (χ2n) is 7.23. The Hall–Kier alpha value is -2.42. The van der Waals surface area contributed by atoms with Gasteiger partial charge >= 0.3 is 5.97 Å². The summed E-state index contributed by atoms with van der Waals surface area (Å²) in [6.45, 7) is 0.922. The second-order valence-corrected chi connectivity index (χ2v) is 9.12. The van der Waals surface area contributed by atoms with Crippen molar-refractivity contribution in [1.82, 2.24) is 9.21 Å². The fourth-order valence-corrected chi connectivity index (χ4v) is 5.34. The summed E-state index contributed by atoms with van der Waals surface area (Å²) in [5.74, 6) is 0.219. The molecule has 1 heterocycles. The molecule has 0 radical (unpaired) electrons. The lowest BCUT2D eigenvalue weighted by molar-refractivity contribution is -0.143. The molecule has 1 aliphatic heterocycles. The number of carbonyl (C=O) groups excluding carboxylic acids is 1. The highest BCUT2D eigenvalue weighted by molar-refractivity contribution is 7.89. The number of nitrogens with zero attached hydrogens (tertiary/aromatic N) is 2. The number of rotatable bonds is 8. The van der Waals surface area contributed by atoms with Crippen LogP contribution in [0.4, 0.5) is 0 Å². The van der Waals surface area contributed by atoms with Crippen molar-refractivity contribution in [3.8, 4) is 5.75 Å². The second kappa shape index (κ2) is 10.1. The van der Waals surface area contributed by atoms with Crippen LogP contribution in [0.25, 0.3) is 0 Å². The number of likely N-dealkylation sites (tertiary alicyclic amines) is 1. The number of benzene rings is 2. The van der Waals surface area contributed by atoms with Crippen LogP contribution in [-0.4, -0.2) is 57.1 Å². The van der Waals surface area contributed by atoms with Gasteiger partial charge in [0.05, 0.1) is 31.8 Å². The number of hydrogen-bond acceptors (Lipinski definition) is 6. The number of esters is 1. The normalized spacial score (nSPS) is 17.6. The van der Waals surface area contributed by atoms with Gasteiger partial charge in [-0.05, 0) is 49.1 Å². The monoisotopic (exact) mass is 432 g/mol. The van der Waals surface area contributed by atoms with Crippen LogP contribution in [0, 0.1) is 0 Å². The standard InChI is InChI=1S/C22H28N2O5S/c1-28-19-11-13-20(14-12-19)30(26,27)24(16-18-8-4-3-5-9-18)21-10-6-7-15-23(21)17-22(25)29-2/h3-5,8-9,11-14,21H,6-7,10,15-17H2,1-2H3. The number of methoxy groups -OCH3 is 2. The highest BCUT2D eigenvalue weighted by Crippen LogP contribution is 2.29. The molecule has 1 aliphatic rings. The summed E-state index contributed by atoms with van der Waals surface area (Å²) in [7, 11) is -0.931. The molecule has 3 rings (SSSR count). The molecule has 1 fully saturated rings. The van der Waals surface area contributed by atoms with E-state index in [1.165, 1.54) is 18.5 Å². The van der Waals surface area contributed by atoms with E-state index in [9.17, 15) is 13.2 Å². The molecule has 0 saturated carbocycles. The molecular weight excluding hydrogens is 404 g/mol. The van der Waals surface area contributed by atoms with E-state index in [2.05, 4.69) is 0 Å². The molecule has 8 heteroatoms. The molecule has 2 aromatic rings. The molecule has 162 valence electrons. The zero-order valence-corrected chi connectivity index (χ0v) is 18.2. The zero-order valence-electron chi connectivity index (χ0n) is 17.4. The molecule has 1 saturated heterocycles. The minimum Gasteiger partial charge on any atom is -0.497 e. The van der Waals surface area contributed by atoms with Gasteiger partial charge in [0, 0.05) is 13.1 Å². The van der Waals surface area contributed by atoms with Crippen molar-refractivity contribution in [2.45, 2.75) is 36.9 Å². The van der Waals surface area contributed by atoms with Crippen LogP contribution < -0.4 is 4.74 Å². The first-order chi connectivity index (χ1) is 14.5. The van der Waals surface area contributed by atoms with Gasteiger partial charge in [0.1, 0.15) is 5.75 Å². The molecule has 1 unspecified atom stereocenters. The van der Waals surface area contributed by atoms with Crippen molar-refractivity contribution in [3.05, 3.63) is 60.2 Å². The largest absolute Gasteiger partial charge is 0.497 e. The Kier molecular flexibility index (Phi) is 7.47. The van der Waals surface area contributed by atoms with E-state index >= 15 is 0 Å². The molecule has 0 aromatic heterocycles. The molecule has 30 heavy (non-hydrogen) atoms. The van der Waals surface area contributed by atoms with E-state index in [0.29, 0.717) is 18.7 Å². The fraction of sp³-hybridized carbons (Fsp3) is 0.409. The Morgan fingerprint density at radius 3 is 2.40 bits per heavy atom. The predicted molar refractivity (Wildman–Crippen MR) is 113 cm³/mol. The van der Waals surface area contributed by atoms with Gasteiger partial charge in [0.15, 0.2) is 0 Å². The van der Waals surface area contributed by atoms with Crippen molar-refractivity contribution in [1.29, 1.82) is 0 Å². The molecule has 2 aromatic carbocycles. The van der Waals surface area contributed by atoms with E-state index in [4.69, 9.17) is 9.47 Å². The maximum Gasteiger partial charge on any atom is 0.319 e. The summed E-state index contributed by atoms with van der Waals surface area (Å²) in [6.07, 6.45) is 2.03. The third kappa shape index (κ3) is 5.19. The van der Waals surface area contributed by atoms with Gasteiger partial charge in [-0.1, -0.05) is 30.3 Å². The van der Waals surface area contributed by atoms with Crippen molar-refractivity contribution in [3.63, 3.8) is 0 Å². The van der Waals surface area contributed by atoms with Gasteiger partial charge in [-0.15, -0.1) is 0 Å². The van der Waals surface area contributed by atoms with Crippen LogP contribution in [-0.2, 0) is 26.1 Å². The smallest absolute Gasteiger partial charge is 0.319 e. The predicted octanol–water partition coefficient (Wildman–Crippen LogP) is 2.87. The van der Waals surface area contributed by atoms with Gasteiger partial charge in [0.2, 0.25) is 10.0 Å². The lowest BCUT2D eigenvalue weighted by Crippen LogP contribution is -2.54. The van der Waals surface area contributed by atoms with Gasteiger partial charge in [-0.2, -0.15) is 4.31 Å². The van der Waals surface area contributed by atoms with Gasteiger partial charge < -0.3 is 9.47 Å². The fourth-order valence-electron chi connectivity index (χ4n) is 3.71. The average Bonchev–Trinajstić information content (AvgIpc) is 2.78. The Morgan fingerprint density at radius 2 is 1.77 bits per heavy atom. The zero-order chi connectivity index (χ0) is 21.6. The van der Waals surface area contributed by atoms with Crippen molar-refractivity contribution in [2.75, 3.05) is 27.3 Å². The summed E-state index contributed by atoms with van der Waals surface area (Å²) >= 11 is 0. The van der Waals surface area contributed by atoms with E-state index < -0.39 is 16.2 Å². The molecular formula is C22H28N2O5S. The van der Waals surface area contributed by atoms with Crippen molar-refractivity contribution in [2.24, 2.45) is 0 Å². The van der Waals surface area contributed by atoms with E-state index in [1.54, 1.807) is 24.3 Å². The van der Waals surface area contributed by atoms with E-state index in [1.807, 2.05) is 35.2 Å². The van der Waals surface area contributed by atoms with Crippen LogP contribution in [0.1, 0.15) is 24.8 Å². The topological polar surface area (TPSA) is 76.2 Å². The summed E-state index contributed by atoms with van der Waals surface area (Å²) in [5.41, 5.74) is 0.887. The highest BCUT2D eigenvalue weighted by atomic mass is 32.2. The number of carbonyl (C=O) groups is 1. The lowest BCUT2D eigenvalue weighted by atomic mass is 10.1. The lowest BCUT2D eigenvalue weighted by Gasteiger charge is -2.41. The quantitative estimate of drug-likeness (QED) is 0.597. The average molecular weight is 433 g/mol. The number of ether oxygens (including phenoxy) is 2. The maximum atomic E-state index is 13.7. The molecule has 0 N–H and O–H groups in total. The number of hydrogen-bond donors (Lipinski definition) is 0. The number of sulfonamides is 1. The Morgan fingerprint density at radius 1 is 1.07 bits per heavy atom. The number of piperidine rings is 1. The third-order valence-corrected chi connectivity index (χ3v) is 7.18. The Bertz CT molecular complexity index is 932. The minimum atomic E-state index is -3.82. The van der Waals surface area contributed by atoms with Crippen LogP contribution in [0.3, 0.4) is 0 Å². The SMILES string of the molecule is COC(=O)CN1CCCCC1N(Cc1ccccc1)S(=O)(=O)c1ccc(OC)cc1. The highest BCUT2D eigenvalue weighted by Gasteiger charge is 2.37. The Labute approximate surface area is 178 Å². The molecule has 7 nitrogen and oxygen atoms in total. The molecule has 0 amide bonds. The van der Waals surface area contributed by atoms with Crippen LogP contribution in [0.2, 0.25) is 0 Å². The molecule has 0 aliphatic carbocycles. The minimum absolute atomic E-state index is 0.0601. The first-order valence-corrected chi connectivity index (χ1v) is 11.4. The summed E-state index contributed by atoms with van der Waals surface area (Å²) < 4.78 is 38.9. The van der Waals surface area contributed by atoms with Gasteiger partial charge in [-0.25, -0.2) is 8.42 Å². The first-order valence-electron chi connectivity index (χ1n) is 9.96. The Balaban J connectivity index is 1.99. The molecule has 0 spiro atoms. The summed E-state index contributed by atoms with van der Waals surface area (Å²) in [5, 5.41) is 0. The van der Waals surface area contributed by atoms with Crippen LogP contribution >= 0.6 is 0 Å². The van der Waals surface area contributed by atoms with Crippen molar-refractivity contribution < 1.29 is 22.7 Å². The summed E-state index contributed by atoms with van der Waals surface area (Å²) in [4.78, 5) is 14.1. The van der Waals surface area contributed by atoms with Gasteiger partial charge in [0.25, 0.3) is 0 Å². The molecule has 1 atom stereocenters. The van der Waals surface area contributed by atoms with Crippen LogP contribution in [0.5, 0.6) is 5.75 Å². The van der Waals surface area contributed by atoms with Crippen LogP contribution in [0.15, 0.2) is 59.5 Å². The summed E-state index contributed by atoms with van der Waals surface area (Å²) in [6, 6.07) is 15.9.